The fourth-order valence-corrected chi connectivity index (χ4v) is 4.90. The van der Waals surface area contributed by atoms with E-state index in [2.05, 4.69) is 58.9 Å². The second-order valence-electron chi connectivity index (χ2n) is 9.78. The molecule has 1 amide bonds. The Bertz CT molecular complexity index is 1360. The Morgan fingerprint density at radius 3 is 2.47 bits per heavy atom. The molecular formula is C30H34ClN5O2. The van der Waals surface area contributed by atoms with Crippen molar-refractivity contribution in [2.45, 2.75) is 31.7 Å². The zero-order chi connectivity index (χ0) is 25.6. The van der Waals surface area contributed by atoms with E-state index in [-0.39, 0.29) is 18.3 Å². The molecule has 0 unspecified atom stereocenters. The highest BCUT2D eigenvalue weighted by molar-refractivity contribution is 5.96. The van der Waals surface area contributed by atoms with Gasteiger partial charge in [0, 0.05) is 50.0 Å². The summed E-state index contributed by atoms with van der Waals surface area (Å²) in [7, 11) is 4.13. The number of nitrogens with zero attached hydrogens (tertiary/aromatic N) is 3. The maximum atomic E-state index is 12.9. The molecule has 0 atom stereocenters. The Balaban J connectivity index is 0.00000336. The van der Waals surface area contributed by atoms with Crippen LogP contribution < -0.4 is 20.3 Å². The molecule has 0 spiro atoms. The highest BCUT2D eigenvalue weighted by Gasteiger charge is 2.23. The van der Waals surface area contributed by atoms with Crippen molar-refractivity contribution in [3.8, 4) is 11.6 Å². The van der Waals surface area contributed by atoms with E-state index >= 15 is 0 Å². The van der Waals surface area contributed by atoms with E-state index in [1.54, 1.807) is 18.3 Å². The molecule has 2 heterocycles. The van der Waals surface area contributed by atoms with Crippen LogP contribution >= 0.6 is 12.4 Å². The Labute approximate surface area is 230 Å². The molecule has 0 bridgehead atoms. The van der Waals surface area contributed by atoms with Gasteiger partial charge in [0.1, 0.15) is 17.1 Å². The van der Waals surface area contributed by atoms with Crippen molar-refractivity contribution < 1.29 is 9.53 Å². The lowest BCUT2D eigenvalue weighted by Crippen LogP contribution is -2.34. The summed E-state index contributed by atoms with van der Waals surface area (Å²) in [5.74, 6) is 2.18. The highest BCUT2D eigenvalue weighted by atomic mass is 35.5. The number of halogens is 1. The lowest BCUT2D eigenvalue weighted by atomic mass is 9.86. The molecule has 1 aliphatic rings. The van der Waals surface area contributed by atoms with Crippen molar-refractivity contribution in [1.82, 2.24) is 15.3 Å². The molecule has 0 saturated heterocycles. The number of carbonyl (C=O) groups is 1. The first-order valence-corrected chi connectivity index (χ1v) is 12.9. The van der Waals surface area contributed by atoms with Gasteiger partial charge >= 0.3 is 0 Å². The van der Waals surface area contributed by atoms with E-state index in [9.17, 15) is 4.79 Å². The summed E-state index contributed by atoms with van der Waals surface area (Å²) >= 11 is 0. The molecule has 2 aromatic carbocycles. The number of pyridine rings is 2. The minimum absolute atomic E-state index is 0. The predicted octanol–water partition coefficient (Wildman–Crippen LogP) is 6.31. The number of hydrogen-bond donors (Lipinski definition) is 2. The van der Waals surface area contributed by atoms with Gasteiger partial charge in [-0.25, -0.2) is 9.97 Å². The van der Waals surface area contributed by atoms with E-state index in [4.69, 9.17) is 9.72 Å². The SMILES string of the molecule is CN(C)c1cc(NC2CCC(CNC(=O)c3cccnc3Oc3ccccc3)CC2)nc2ccccc12.Cl. The fourth-order valence-electron chi connectivity index (χ4n) is 4.90. The molecule has 1 saturated carbocycles. The summed E-state index contributed by atoms with van der Waals surface area (Å²) in [6, 6.07) is 23.7. The number of fused-ring (bicyclic) bond motifs is 1. The molecule has 0 radical (unpaired) electrons. The van der Waals surface area contributed by atoms with Gasteiger partial charge in [0.15, 0.2) is 0 Å². The molecule has 7 nitrogen and oxygen atoms in total. The number of benzene rings is 2. The van der Waals surface area contributed by atoms with Crippen LogP contribution in [0.1, 0.15) is 36.0 Å². The van der Waals surface area contributed by atoms with E-state index in [0.717, 1.165) is 48.1 Å². The lowest BCUT2D eigenvalue weighted by molar-refractivity contribution is 0.0940. The Morgan fingerprint density at radius 2 is 1.71 bits per heavy atom. The van der Waals surface area contributed by atoms with Crippen LogP contribution in [0, 0.1) is 5.92 Å². The van der Waals surface area contributed by atoms with Crippen LogP contribution in [0.25, 0.3) is 10.9 Å². The summed E-state index contributed by atoms with van der Waals surface area (Å²) in [4.78, 5) is 24.2. The van der Waals surface area contributed by atoms with E-state index < -0.39 is 0 Å². The van der Waals surface area contributed by atoms with E-state index in [1.807, 2.05) is 36.4 Å². The summed E-state index contributed by atoms with van der Waals surface area (Å²) in [5.41, 5.74) is 2.61. The van der Waals surface area contributed by atoms with Gasteiger partial charge in [0.25, 0.3) is 5.91 Å². The third-order valence-corrected chi connectivity index (χ3v) is 6.90. The first kappa shape index (κ1) is 27.2. The first-order valence-electron chi connectivity index (χ1n) is 12.9. The number of amides is 1. The van der Waals surface area contributed by atoms with Crippen molar-refractivity contribution in [2.24, 2.45) is 5.92 Å². The molecule has 4 aromatic rings. The van der Waals surface area contributed by atoms with Crippen LogP contribution in [-0.4, -0.2) is 42.6 Å². The topological polar surface area (TPSA) is 79.4 Å². The summed E-state index contributed by atoms with van der Waals surface area (Å²) in [6.45, 7) is 0.643. The molecule has 2 aromatic heterocycles. The molecule has 2 N–H and O–H groups in total. The summed E-state index contributed by atoms with van der Waals surface area (Å²) in [6.07, 6.45) is 5.82. The van der Waals surface area contributed by atoms with Crippen LogP contribution in [0.5, 0.6) is 11.6 Å². The number of anilines is 2. The molecule has 8 heteroatoms. The van der Waals surface area contributed by atoms with Crippen molar-refractivity contribution >= 4 is 40.7 Å². The van der Waals surface area contributed by atoms with Crippen molar-refractivity contribution in [3.05, 3.63) is 84.6 Å². The van der Waals surface area contributed by atoms with Crippen LogP contribution in [0.2, 0.25) is 0 Å². The quantitative estimate of drug-likeness (QED) is 0.277. The van der Waals surface area contributed by atoms with Crippen LogP contribution in [-0.2, 0) is 0 Å². The maximum Gasteiger partial charge on any atom is 0.256 e. The van der Waals surface area contributed by atoms with Gasteiger partial charge in [-0.1, -0.05) is 36.4 Å². The summed E-state index contributed by atoms with van der Waals surface area (Å²) in [5, 5.41) is 7.92. The van der Waals surface area contributed by atoms with E-state index in [1.165, 1.54) is 0 Å². The van der Waals surface area contributed by atoms with Crippen molar-refractivity contribution in [3.63, 3.8) is 0 Å². The minimum atomic E-state index is -0.157. The van der Waals surface area contributed by atoms with Gasteiger partial charge in [-0.15, -0.1) is 12.4 Å². The zero-order valence-corrected chi connectivity index (χ0v) is 22.6. The molecule has 198 valence electrons. The predicted molar refractivity (Wildman–Crippen MR) is 156 cm³/mol. The van der Waals surface area contributed by atoms with E-state index in [0.29, 0.717) is 35.7 Å². The average Bonchev–Trinajstić information content (AvgIpc) is 2.93. The Morgan fingerprint density at radius 1 is 0.974 bits per heavy atom. The van der Waals surface area contributed by atoms with Crippen molar-refractivity contribution in [1.29, 1.82) is 0 Å². The number of ether oxygens (including phenoxy) is 1. The molecular weight excluding hydrogens is 498 g/mol. The second kappa shape index (κ2) is 12.6. The summed E-state index contributed by atoms with van der Waals surface area (Å²) < 4.78 is 5.85. The molecule has 1 aliphatic carbocycles. The fraction of sp³-hybridized carbons (Fsp3) is 0.300. The van der Waals surface area contributed by atoms with Gasteiger partial charge in [-0.3, -0.25) is 4.79 Å². The lowest BCUT2D eigenvalue weighted by Gasteiger charge is -2.30. The monoisotopic (exact) mass is 531 g/mol. The number of rotatable bonds is 8. The molecule has 38 heavy (non-hydrogen) atoms. The van der Waals surface area contributed by atoms with Gasteiger partial charge in [-0.2, -0.15) is 0 Å². The molecule has 0 aliphatic heterocycles. The third-order valence-electron chi connectivity index (χ3n) is 6.90. The number of nitrogens with one attached hydrogen (secondary N) is 2. The first-order chi connectivity index (χ1) is 18.1. The Hall–Kier alpha value is -3.84. The number of carbonyl (C=O) groups excluding carboxylic acids is 1. The van der Waals surface area contributed by atoms with Crippen LogP contribution in [0.15, 0.2) is 79.0 Å². The minimum Gasteiger partial charge on any atom is -0.438 e. The number of aromatic nitrogens is 2. The number of para-hydroxylation sites is 2. The van der Waals surface area contributed by atoms with Crippen LogP contribution in [0.3, 0.4) is 0 Å². The second-order valence-corrected chi connectivity index (χ2v) is 9.78. The largest absolute Gasteiger partial charge is 0.438 e. The van der Waals surface area contributed by atoms with Gasteiger partial charge < -0.3 is 20.3 Å². The average molecular weight is 532 g/mol. The maximum absolute atomic E-state index is 12.9. The Kier molecular flexibility index (Phi) is 9.02. The normalized spacial score (nSPS) is 16.8. The van der Waals surface area contributed by atoms with Crippen LogP contribution in [0.4, 0.5) is 11.5 Å². The molecule has 1 fully saturated rings. The molecule has 5 rings (SSSR count). The number of hydrogen-bond acceptors (Lipinski definition) is 6. The van der Waals surface area contributed by atoms with Gasteiger partial charge in [-0.05, 0) is 61.9 Å². The third kappa shape index (κ3) is 6.53. The van der Waals surface area contributed by atoms with Crippen molar-refractivity contribution in [2.75, 3.05) is 30.9 Å². The van der Waals surface area contributed by atoms with Gasteiger partial charge in [0.2, 0.25) is 5.88 Å². The standard InChI is InChI=1S/C30H33N5O2.ClH/c1-35(2)27-19-28(34-26-13-7-6-11-24(26)27)33-22-16-14-21(15-17-22)20-32-29(36)25-12-8-18-31-30(25)37-23-9-4-3-5-10-23;/h3-13,18-19,21-22H,14-17,20H2,1-2H3,(H,32,36)(H,33,34);1H. The zero-order valence-electron chi connectivity index (χ0n) is 21.8. The highest BCUT2D eigenvalue weighted by Crippen LogP contribution is 2.30. The van der Waals surface area contributed by atoms with Gasteiger partial charge in [0.05, 0.1) is 5.52 Å². The smallest absolute Gasteiger partial charge is 0.256 e.